The van der Waals surface area contributed by atoms with E-state index in [1.54, 1.807) is 24.3 Å². The monoisotopic (exact) mass is 414 g/mol. The number of aromatic nitrogens is 2. The summed E-state index contributed by atoms with van der Waals surface area (Å²) in [4.78, 5) is 8.31. The Hall–Kier alpha value is -2.40. The normalized spacial score (nSPS) is 12.4. The van der Waals surface area contributed by atoms with E-state index in [2.05, 4.69) is 30.4 Å². The summed E-state index contributed by atoms with van der Waals surface area (Å²) in [6.45, 7) is 8.70. The van der Waals surface area contributed by atoms with E-state index in [1.807, 2.05) is 6.08 Å². The van der Waals surface area contributed by atoms with Gasteiger partial charge in [0.15, 0.2) is 11.6 Å². The molecule has 1 unspecified atom stereocenters. The van der Waals surface area contributed by atoms with E-state index in [0.717, 1.165) is 32.3 Å². The first-order valence-corrected chi connectivity index (χ1v) is 10.7. The van der Waals surface area contributed by atoms with Gasteiger partial charge in [-0.05, 0) is 32.6 Å². The molecule has 0 aliphatic carbocycles. The molecule has 0 spiro atoms. The third kappa shape index (κ3) is 7.45. The quantitative estimate of drug-likeness (QED) is 0.263. The molecule has 30 heavy (non-hydrogen) atoms. The molecule has 3 nitrogen and oxygen atoms in total. The summed E-state index contributed by atoms with van der Waals surface area (Å²) in [6.07, 6.45) is 15.2. The Balaban J connectivity index is 1.88. The van der Waals surface area contributed by atoms with Crippen LogP contribution >= 0.6 is 0 Å². The molecule has 1 heterocycles. The maximum Gasteiger partial charge on any atom is 0.167 e. The zero-order valence-corrected chi connectivity index (χ0v) is 18.0. The second-order valence-corrected chi connectivity index (χ2v) is 7.43. The fraction of sp³-hybridized carbons (Fsp3) is 0.440. The van der Waals surface area contributed by atoms with Crippen LogP contribution in [0.5, 0.6) is 0 Å². The molecule has 1 aromatic heterocycles. The second kappa shape index (κ2) is 13.0. The van der Waals surface area contributed by atoms with Crippen molar-refractivity contribution in [3.05, 3.63) is 66.3 Å². The van der Waals surface area contributed by atoms with Crippen LogP contribution in [0.1, 0.15) is 63.8 Å². The van der Waals surface area contributed by atoms with Crippen molar-refractivity contribution in [2.24, 2.45) is 0 Å². The Labute approximate surface area is 178 Å². The molecule has 0 aliphatic heterocycles. The number of rotatable bonds is 13. The highest BCUT2D eigenvalue weighted by molar-refractivity contribution is 5.65. The van der Waals surface area contributed by atoms with Crippen LogP contribution in [-0.2, 0) is 11.2 Å². The molecule has 0 amide bonds. The van der Waals surface area contributed by atoms with E-state index < -0.39 is 11.6 Å². The Morgan fingerprint density at radius 3 is 2.57 bits per heavy atom. The highest BCUT2D eigenvalue weighted by Gasteiger charge is 2.14. The molecule has 162 valence electrons. The molecule has 0 saturated heterocycles. The number of halogens is 2. The number of benzene rings is 1. The van der Waals surface area contributed by atoms with E-state index in [1.165, 1.54) is 25.2 Å². The van der Waals surface area contributed by atoms with Gasteiger partial charge in [0.25, 0.3) is 0 Å². The van der Waals surface area contributed by atoms with Crippen molar-refractivity contribution in [1.29, 1.82) is 0 Å². The minimum atomic E-state index is -0.883. The molecule has 0 bridgehead atoms. The SMILES string of the molecule is C=CCc1ncc(-c2ccc(/C=C/CCCC(C)OCCCCC)c(F)c2F)cn1. The Morgan fingerprint density at radius 2 is 1.87 bits per heavy atom. The Morgan fingerprint density at radius 1 is 1.10 bits per heavy atom. The number of hydrogen-bond donors (Lipinski definition) is 0. The minimum absolute atomic E-state index is 0.156. The van der Waals surface area contributed by atoms with Crippen molar-refractivity contribution < 1.29 is 13.5 Å². The zero-order chi connectivity index (χ0) is 21.8. The third-order valence-electron chi connectivity index (χ3n) is 4.88. The van der Waals surface area contributed by atoms with Gasteiger partial charge in [-0.15, -0.1) is 6.58 Å². The summed E-state index contributed by atoms with van der Waals surface area (Å²) in [7, 11) is 0. The van der Waals surface area contributed by atoms with Crippen LogP contribution < -0.4 is 0 Å². The number of unbranched alkanes of at least 4 members (excludes halogenated alkanes) is 3. The molecule has 0 N–H and O–H groups in total. The van der Waals surface area contributed by atoms with Crippen LogP contribution in [0.25, 0.3) is 17.2 Å². The fourth-order valence-electron chi connectivity index (χ4n) is 3.10. The second-order valence-electron chi connectivity index (χ2n) is 7.43. The molecule has 1 aromatic carbocycles. The highest BCUT2D eigenvalue weighted by atomic mass is 19.2. The minimum Gasteiger partial charge on any atom is -0.379 e. The van der Waals surface area contributed by atoms with Crippen LogP contribution in [0.15, 0.2) is 43.3 Å². The molecular weight excluding hydrogens is 382 g/mol. The molecule has 0 aliphatic rings. The predicted molar refractivity (Wildman–Crippen MR) is 119 cm³/mol. The molecule has 0 radical (unpaired) electrons. The van der Waals surface area contributed by atoms with Gasteiger partial charge in [0.2, 0.25) is 0 Å². The first kappa shape index (κ1) is 23.9. The summed E-state index contributed by atoms with van der Waals surface area (Å²) >= 11 is 0. The van der Waals surface area contributed by atoms with Crippen LogP contribution in [0, 0.1) is 11.6 Å². The summed E-state index contributed by atoms with van der Waals surface area (Å²) in [5.41, 5.74) is 0.843. The molecule has 1 atom stereocenters. The fourth-order valence-corrected chi connectivity index (χ4v) is 3.10. The molecule has 0 fully saturated rings. The molecular formula is C25H32F2N2O. The van der Waals surface area contributed by atoms with E-state index >= 15 is 0 Å². The van der Waals surface area contributed by atoms with Gasteiger partial charge in [-0.25, -0.2) is 18.7 Å². The lowest BCUT2D eigenvalue weighted by Gasteiger charge is -2.12. The number of ether oxygens (including phenoxy) is 1. The van der Waals surface area contributed by atoms with Crippen LogP contribution in [0.3, 0.4) is 0 Å². The van der Waals surface area contributed by atoms with Gasteiger partial charge in [-0.1, -0.05) is 50.1 Å². The van der Waals surface area contributed by atoms with Crippen molar-refractivity contribution >= 4 is 6.08 Å². The largest absolute Gasteiger partial charge is 0.379 e. The maximum atomic E-state index is 14.6. The lowest BCUT2D eigenvalue weighted by Crippen LogP contribution is -2.08. The first-order chi connectivity index (χ1) is 14.6. The van der Waals surface area contributed by atoms with E-state index in [-0.39, 0.29) is 17.2 Å². The van der Waals surface area contributed by atoms with Crippen LogP contribution in [0.4, 0.5) is 8.78 Å². The smallest absolute Gasteiger partial charge is 0.167 e. The van der Waals surface area contributed by atoms with Gasteiger partial charge < -0.3 is 4.74 Å². The topological polar surface area (TPSA) is 35.0 Å². The number of allylic oxidation sites excluding steroid dienone is 2. The van der Waals surface area contributed by atoms with Crippen molar-refractivity contribution in [1.82, 2.24) is 9.97 Å². The summed E-state index contributed by atoms with van der Waals surface area (Å²) < 4.78 is 34.8. The van der Waals surface area contributed by atoms with Crippen LogP contribution in [0.2, 0.25) is 0 Å². The summed E-state index contributed by atoms with van der Waals surface area (Å²) in [6, 6.07) is 3.15. The maximum absolute atomic E-state index is 14.6. The van der Waals surface area contributed by atoms with Gasteiger partial charge in [0.1, 0.15) is 5.82 Å². The number of hydrogen-bond acceptors (Lipinski definition) is 3. The van der Waals surface area contributed by atoms with Gasteiger partial charge in [-0.3, -0.25) is 0 Å². The van der Waals surface area contributed by atoms with E-state index in [4.69, 9.17) is 4.74 Å². The molecule has 2 rings (SSSR count). The standard InChI is InChI=1S/C25H32F2N2O/c1-4-6-10-16-30-19(3)12-8-7-9-13-20-14-15-22(25(27)24(20)26)21-17-28-23(11-5-2)29-18-21/h5,9,13-15,17-19H,2,4,6-8,10-12,16H2,1,3H3/b13-9+. The van der Waals surface area contributed by atoms with Crippen LogP contribution in [-0.4, -0.2) is 22.7 Å². The first-order valence-electron chi connectivity index (χ1n) is 10.7. The predicted octanol–water partition coefficient (Wildman–Crippen LogP) is 6.93. The molecule has 5 heteroatoms. The summed E-state index contributed by atoms with van der Waals surface area (Å²) in [5, 5.41) is 0. The lowest BCUT2D eigenvalue weighted by atomic mass is 10.0. The average Bonchev–Trinajstić information content (AvgIpc) is 2.75. The van der Waals surface area contributed by atoms with E-state index in [9.17, 15) is 8.78 Å². The van der Waals surface area contributed by atoms with Gasteiger partial charge in [-0.2, -0.15) is 0 Å². The van der Waals surface area contributed by atoms with Gasteiger partial charge >= 0.3 is 0 Å². The van der Waals surface area contributed by atoms with Crippen molar-refractivity contribution in [3.63, 3.8) is 0 Å². The van der Waals surface area contributed by atoms with Crippen molar-refractivity contribution in [2.45, 2.75) is 64.9 Å². The van der Waals surface area contributed by atoms with Gasteiger partial charge in [0.05, 0.1) is 6.10 Å². The van der Waals surface area contributed by atoms with Gasteiger partial charge in [0, 0.05) is 42.1 Å². The zero-order valence-electron chi connectivity index (χ0n) is 18.0. The summed E-state index contributed by atoms with van der Waals surface area (Å²) in [5.74, 6) is -1.15. The third-order valence-corrected chi connectivity index (χ3v) is 4.88. The van der Waals surface area contributed by atoms with Crippen molar-refractivity contribution in [2.75, 3.05) is 6.61 Å². The Bertz CT molecular complexity index is 819. The molecule has 0 saturated carbocycles. The molecule has 2 aromatic rings. The number of nitrogens with zero attached hydrogens (tertiary/aromatic N) is 2. The highest BCUT2D eigenvalue weighted by Crippen LogP contribution is 2.26. The lowest BCUT2D eigenvalue weighted by molar-refractivity contribution is 0.0566. The van der Waals surface area contributed by atoms with E-state index in [0.29, 0.717) is 17.8 Å². The average molecular weight is 415 g/mol. The Kier molecular flexibility index (Phi) is 10.4. The van der Waals surface area contributed by atoms with Crippen molar-refractivity contribution in [3.8, 4) is 11.1 Å².